The summed E-state index contributed by atoms with van der Waals surface area (Å²) in [7, 11) is -3.43. The quantitative estimate of drug-likeness (QED) is 0.675. The Morgan fingerprint density at radius 3 is 2.27 bits per heavy atom. The molecule has 0 aromatic rings. The van der Waals surface area contributed by atoms with Crippen LogP contribution in [0.2, 0.25) is 0 Å². The molecule has 0 amide bonds. The van der Waals surface area contributed by atoms with Gasteiger partial charge < -0.3 is 4.89 Å². The number of allylic oxidation sites excluding steroid dienone is 1. The van der Waals surface area contributed by atoms with Gasteiger partial charge in [0.05, 0.1) is 6.42 Å². The first-order valence-corrected chi connectivity index (χ1v) is 4.93. The SMILES string of the molecule is CP(=O)(O)C=CCC(F)(F)F. The van der Waals surface area contributed by atoms with Crippen LogP contribution in [0.15, 0.2) is 11.9 Å². The molecule has 0 aliphatic carbocycles. The lowest BCUT2D eigenvalue weighted by molar-refractivity contribution is -0.124. The van der Waals surface area contributed by atoms with Gasteiger partial charge in [0.15, 0.2) is 0 Å². The third-order valence-electron chi connectivity index (χ3n) is 0.731. The molecule has 1 N–H and O–H groups in total. The van der Waals surface area contributed by atoms with Gasteiger partial charge >= 0.3 is 6.18 Å². The highest BCUT2D eigenvalue weighted by atomic mass is 31.2. The molecule has 0 saturated carbocycles. The van der Waals surface area contributed by atoms with Crippen LogP contribution < -0.4 is 0 Å². The van der Waals surface area contributed by atoms with E-state index in [1.807, 2.05) is 0 Å². The molecule has 0 aliphatic rings. The van der Waals surface area contributed by atoms with Gasteiger partial charge in [0.2, 0.25) is 7.37 Å². The maximum absolute atomic E-state index is 11.4. The van der Waals surface area contributed by atoms with Crippen molar-refractivity contribution in [2.45, 2.75) is 12.6 Å². The predicted octanol–water partition coefficient (Wildman–Crippen LogP) is 2.35. The summed E-state index contributed by atoms with van der Waals surface area (Å²) >= 11 is 0. The summed E-state index contributed by atoms with van der Waals surface area (Å²) in [5.74, 6) is 0.681. The fraction of sp³-hybridized carbons (Fsp3) is 0.600. The first-order chi connectivity index (χ1) is 4.71. The fourth-order valence-electron chi connectivity index (χ4n) is 0.382. The maximum atomic E-state index is 11.4. The summed E-state index contributed by atoms with van der Waals surface area (Å²) in [4.78, 5) is 8.52. The van der Waals surface area contributed by atoms with E-state index in [4.69, 9.17) is 4.89 Å². The molecule has 6 heteroatoms. The van der Waals surface area contributed by atoms with Gasteiger partial charge in [-0.25, -0.2) is 0 Å². The van der Waals surface area contributed by atoms with Crippen molar-refractivity contribution >= 4 is 7.37 Å². The van der Waals surface area contributed by atoms with Gasteiger partial charge in [0, 0.05) is 6.66 Å². The van der Waals surface area contributed by atoms with Gasteiger partial charge in [-0.2, -0.15) is 13.2 Å². The van der Waals surface area contributed by atoms with Crippen LogP contribution in [0.4, 0.5) is 13.2 Å². The number of halogens is 3. The van der Waals surface area contributed by atoms with Crippen molar-refractivity contribution in [1.82, 2.24) is 0 Å². The Morgan fingerprint density at radius 1 is 1.55 bits per heavy atom. The zero-order chi connectivity index (χ0) is 9.12. The second-order valence-electron chi connectivity index (χ2n) is 2.15. The summed E-state index contributed by atoms with van der Waals surface area (Å²) in [6.45, 7) is 0.972. The molecule has 0 saturated heterocycles. The number of hydrogen-bond acceptors (Lipinski definition) is 1. The van der Waals surface area contributed by atoms with E-state index in [-0.39, 0.29) is 0 Å². The Kier molecular flexibility index (Phi) is 3.32. The first kappa shape index (κ1) is 10.7. The van der Waals surface area contributed by atoms with Crippen molar-refractivity contribution in [3.8, 4) is 0 Å². The monoisotopic (exact) mass is 188 g/mol. The van der Waals surface area contributed by atoms with Crippen LogP contribution in [-0.4, -0.2) is 17.7 Å². The van der Waals surface area contributed by atoms with E-state index < -0.39 is 20.0 Å². The molecule has 1 atom stereocenters. The molecule has 11 heavy (non-hydrogen) atoms. The third kappa shape index (κ3) is 9.72. The van der Waals surface area contributed by atoms with E-state index in [9.17, 15) is 17.7 Å². The van der Waals surface area contributed by atoms with E-state index in [1.54, 1.807) is 0 Å². The van der Waals surface area contributed by atoms with E-state index in [0.717, 1.165) is 6.66 Å². The van der Waals surface area contributed by atoms with Gasteiger partial charge in [-0.05, 0) is 5.82 Å². The molecule has 2 nitrogen and oxygen atoms in total. The van der Waals surface area contributed by atoms with Crippen LogP contribution in [-0.2, 0) is 4.57 Å². The minimum atomic E-state index is -4.30. The highest BCUT2D eigenvalue weighted by Gasteiger charge is 2.24. The van der Waals surface area contributed by atoms with Crippen LogP contribution in [0.3, 0.4) is 0 Å². The molecule has 0 rings (SSSR count). The van der Waals surface area contributed by atoms with Crippen molar-refractivity contribution in [2.75, 3.05) is 6.66 Å². The molecule has 0 fully saturated rings. The Balaban J connectivity index is 3.90. The van der Waals surface area contributed by atoms with Gasteiger partial charge in [-0.3, -0.25) is 4.57 Å². The molecule has 0 radical (unpaired) electrons. The third-order valence-corrected chi connectivity index (χ3v) is 1.50. The first-order valence-electron chi connectivity index (χ1n) is 2.75. The van der Waals surface area contributed by atoms with Crippen molar-refractivity contribution in [3.63, 3.8) is 0 Å². The largest absolute Gasteiger partial charge is 0.392 e. The number of hydrogen-bond donors (Lipinski definition) is 1. The molecular formula is C5H8F3O2P. The minimum Gasteiger partial charge on any atom is -0.342 e. The van der Waals surface area contributed by atoms with Crippen LogP contribution in [0, 0.1) is 0 Å². The van der Waals surface area contributed by atoms with Crippen molar-refractivity contribution < 1.29 is 22.6 Å². The number of rotatable bonds is 2. The summed E-state index contributed by atoms with van der Waals surface area (Å²) in [5.41, 5.74) is 0. The van der Waals surface area contributed by atoms with Crippen molar-refractivity contribution in [1.29, 1.82) is 0 Å². The zero-order valence-corrected chi connectivity index (χ0v) is 6.69. The Bertz CT molecular complexity index is 190. The standard InChI is InChI=1S/C5H8F3O2P/c1-11(9,10)4-2-3-5(6,7)8/h2,4H,3H2,1H3,(H,9,10). The lowest BCUT2D eigenvalue weighted by atomic mass is 10.4. The minimum absolute atomic E-state index is 0.654. The van der Waals surface area contributed by atoms with Crippen LogP contribution in [0.5, 0.6) is 0 Å². The van der Waals surface area contributed by atoms with Gasteiger partial charge in [0.1, 0.15) is 0 Å². The van der Waals surface area contributed by atoms with Crippen molar-refractivity contribution in [2.24, 2.45) is 0 Å². The molecule has 0 spiro atoms. The normalized spacial score (nSPS) is 18.6. The Morgan fingerprint density at radius 2 is 2.00 bits per heavy atom. The summed E-state index contributed by atoms with van der Waals surface area (Å²) in [5, 5.41) is 0. The van der Waals surface area contributed by atoms with Gasteiger partial charge in [0.25, 0.3) is 0 Å². The van der Waals surface area contributed by atoms with Gasteiger partial charge in [-0.1, -0.05) is 6.08 Å². The molecular weight excluding hydrogens is 180 g/mol. The summed E-state index contributed by atoms with van der Waals surface area (Å²) < 4.78 is 44.6. The molecule has 0 heterocycles. The molecule has 0 aromatic heterocycles. The average Bonchev–Trinajstić information content (AvgIpc) is 1.55. The van der Waals surface area contributed by atoms with E-state index in [2.05, 4.69) is 0 Å². The van der Waals surface area contributed by atoms with Crippen LogP contribution in [0.1, 0.15) is 6.42 Å². The average molecular weight is 188 g/mol. The highest BCUT2D eigenvalue weighted by molar-refractivity contribution is 7.60. The second kappa shape index (κ2) is 3.41. The van der Waals surface area contributed by atoms with Crippen molar-refractivity contribution in [3.05, 3.63) is 11.9 Å². The van der Waals surface area contributed by atoms with E-state index >= 15 is 0 Å². The lowest BCUT2D eigenvalue weighted by Crippen LogP contribution is -2.03. The topological polar surface area (TPSA) is 37.3 Å². The summed E-state index contributed by atoms with van der Waals surface area (Å²) in [6.07, 6.45) is -4.81. The molecule has 0 bridgehead atoms. The highest BCUT2D eigenvalue weighted by Crippen LogP contribution is 2.37. The zero-order valence-electron chi connectivity index (χ0n) is 5.80. The van der Waals surface area contributed by atoms with Crippen LogP contribution in [0.25, 0.3) is 0 Å². The molecule has 1 unspecified atom stereocenters. The Hall–Kier alpha value is -0.280. The Labute approximate surface area is 62.2 Å². The smallest absolute Gasteiger partial charge is 0.342 e. The fourth-order valence-corrected chi connectivity index (χ4v) is 0.878. The van der Waals surface area contributed by atoms with Crippen LogP contribution >= 0.6 is 7.37 Å². The molecule has 0 aliphatic heterocycles. The molecule has 66 valence electrons. The lowest BCUT2D eigenvalue weighted by Gasteiger charge is -2.00. The predicted molar refractivity (Wildman–Crippen MR) is 35.6 cm³/mol. The number of alkyl halides is 3. The second-order valence-corrected chi connectivity index (χ2v) is 4.33. The van der Waals surface area contributed by atoms with Gasteiger partial charge in [-0.15, -0.1) is 0 Å². The van der Waals surface area contributed by atoms with E-state index in [1.165, 1.54) is 0 Å². The summed E-state index contributed by atoms with van der Waals surface area (Å²) in [6, 6.07) is 0. The molecule has 0 aromatic carbocycles. The van der Waals surface area contributed by atoms with E-state index in [0.29, 0.717) is 11.9 Å². The maximum Gasteiger partial charge on any atom is 0.392 e.